The van der Waals surface area contributed by atoms with Gasteiger partial charge in [0.15, 0.2) is 6.61 Å². The molecule has 2 aromatic rings. The van der Waals surface area contributed by atoms with E-state index in [1.54, 1.807) is 47.4 Å². The summed E-state index contributed by atoms with van der Waals surface area (Å²) >= 11 is 0. The molecule has 8 heteroatoms. The van der Waals surface area contributed by atoms with Gasteiger partial charge in [-0.2, -0.15) is 5.10 Å². The summed E-state index contributed by atoms with van der Waals surface area (Å²) in [6.45, 7) is 3.37. The molecule has 0 radical (unpaired) electrons. The minimum Gasteiger partial charge on any atom is -0.467 e. The Morgan fingerprint density at radius 3 is 2.44 bits per heavy atom. The first-order valence-electron chi connectivity index (χ1n) is 8.55. The SMILES string of the molecule is COC(=O)[C@@H](CC(C)C)NC(=O)COC(=O)c1ccc(-n2cccn2)cc1. The molecule has 0 aliphatic rings. The number of benzene rings is 1. The van der Waals surface area contributed by atoms with Gasteiger partial charge in [0, 0.05) is 12.4 Å². The maximum Gasteiger partial charge on any atom is 0.338 e. The standard InChI is InChI=1S/C19H23N3O5/c1-13(2)11-16(19(25)26-3)21-17(23)12-27-18(24)14-5-7-15(8-6-14)22-10-4-9-20-22/h4-10,13,16H,11-12H2,1-3H3,(H,21,23)/t16-/m1/s1. The summed E-state index contributed by atoms with van der Waals surface area (Å²) < 4.78 is 11.4. The Kier molecular flexibility index (Phi) is 7.10. The number of hydrogen-bond donors (Lipinski definition) is 1. The highest BCUT2D eigenvalue weighted by Crippen LogP contribution is 2.10. The Hall–Kier alpha value is -3.16. The van der Waals surface area contributed by atoms with E-state index in [1.807, 2.05) is 13.8 Å². The van der Waals surface area contributed by atoms with Crippen molar-refractivity contribution < 1.29 is 23.9 Å². The minimum atomic E-state index is -0.769. The van der Waals surface area contributed by atoms with Crippen molar-refractivity contribution in [3.05, 3.63) is 48.3 Å². The van der Waals surface area contributed by atoms with Gasteiger partial charge < -0.3 is 14.8 Å². The van der Waals surface area contributed by atoms with E-state index in [1.165, 1.54) is 7.11 Å². The van der Waals surface area contributed by atoms with E-state index in [4.69, 9.17) is 4.74 Å². The van der Waals surface area contributed by atoms with Crippen molar-refractivity contribution in [2.24, 2.45) is 5.92 Å². The second kappa shape index (κ2) is 9.51. The zero-order chi connectivity index (χ0) is 19.8. The lowest BCUT2D eigenvalue weighted by molar-refractivity contribution is -0.145. The minimum absolute atomic E-state index is 0.185. The molecule has 8 nitrogen and oxygen atoms in total. The van der Waals surface area contributed by atoms with Gasteiger partial charge in [0.25, 0.3) is 5.91 Å². The molecule has 1 aromatic heterocycles. The van der Waals surface area contributed by atoms with E-state index in [0.717, 1.165) is 5.69 Å². The van der Waals surface area contributed by atoms with Crippen LogP contribution in [-0.2, 0) is 19.1 Å². The highest BCUT2D eigenvalue weighted by atomic mass is 16.5. The van der Waals surface area contributed by atoms with Crippen LogP contribution >= 0.6 is 0 Å². The average Bonchev–Trinajstić information content (AvgIpc) is 3.19. The summed E-state index contributed by atoms with van der Waals surface area (Å²) in [7, 11) is 1.26. The second-order valence-corrected chi connectivity index (χ2v) is 6.35. The molecule has 0 bridgehead atoms. The van der Waals surface area contributed by atoms with E-state index < -0.39 is 30.5 Å². The van der Waals surface area contributed by atoms with Crippen LogP contribution < -0.4 is 5.32 Å². The molecule has 0 unspecified atom stereocenters. The predicted octanol–water partition coefficient (Wildman–Crippen LogP) is 1.73. The number of esters is 2. The summed E-state index contributed by atoms with van der Waals surface area (Å²) in [4.78, 5) is 35.8. The van der Waals surface area contributed by atoms with E-state index in [2.05, 4.69) is 15.2 Å². The molecule has 1 atom stereocenters. The van der Waals surface area contributed by atoms with Gasteiger partial charge in [-0.05, 0) is 42.7 Å². The molecule has 0 fully saturated rings. The number of ether oxygens (including phenoxy) is 2. The predicted molar refractivity (Wildman–Crippen MR) is 97.2 cm³/mol. The van der Waals surface area contributed by atoms with Crippen LogP contribution in [0, 0.1) is 5.92 Å². The Balaban J connectivity index is 1.88. The van der Waals surface area contributed by atoms with Crippen LogP contribution in [0.2, 0.25) is 0 Å². The van der Waals surface area contributed by atoms with Crippen molar-refractivity contribution in [2.45, 2.75) is 26.3 Å². The van der Waals surface area contributed by atoms with Crippen LogP contribution in [0.4, 0.5) is 0 Å². The second-order valence-electron chi connectivity index (χ2n) is 6.35. The smallest absolute Gasteiger partial charge is 0.338 e. The number of aromatic nitrogens is 2. The molecule has 144 valence electrons. The zero-order valence-corrected chi connectivity index (χ0v) is 15.5. The molecule has 27 heavy (non-hydrogen) atoms. The van der Waals surface area contributed by atoms with Gasteiger partial charge >= 0.3 is 11.9 Å². The van der Waals surface area contributed by atoms with E-state index >= 15 is 0 Å². The van der Waals surface area contributed by atoms with E-state index in [0.29, 0.717) is 12.0 Å². The van der Waals surface area contributed by atoms with Crippen molar-refractivity contribution in [3.8, 4) is 5.69 Å². The van der Waals surface area contributed by atoms with Crippen molar-refractivity contribution >= 4 is 17.8 Å². The molecule has 1 aromatic carbocycles. The first-order valence-corrected chi connectivity index (χ1v) is 8.55. The summed E-state index contributed by atoms with van der Waals surface area (Å²) in [6.07, 6.45) is 3.87. The van der Waals surface area contributed by atoms with E-state index in [-0.39, 0.29) is 5.92 Å². The Morgan fingerprint density at radius 1 is 1.19 bits per heavy atom. The monoisotopic (exact) mass is 373 g/mol. The number of hydrogen-bond acceptors (Lipinski definition) is 6. The highest BCUT2D eigenvalue weighted by Gasteiger charge is 2.23. The fourth-order valence-electron chi connectivity index (χ4n) is 2.45. The zero-order valence-electron chi connectivity index (χ0n) is 15.5. The third-order valence-corrected chi connectivity index (χ3v) is 3.73. The van der Waals surface area contributed by atoms with Gasteiger partial charge in [-0.25, -0.2) is 14.3 Å². The lowest BCUT2D eigenvalue weighted by atomic mass is 10.0. The van der Waals surface area contributed by atoms with Crippen LogP contribution in [0.15, 0.2) is 42.7 Å². The first-order chi connectivity index (χ1) is 12.9. The fourth-order valence-corrected chi connectivity index (χ4v) is 2.45. The Morgan fingerprint density at radius 2 is 1.89 bits per heavy atom. The molecule has 0 saturated carbocycles. The lowest BCUT2D eigenvalue weighted by Gasteiger charge is -2.18. The summed E-state index contributed by atoms with van der Waals surface area (Å²) in [5.41, 5.74) is 1.11. The number of rotatable bonds is 8. The van der Waals surface area contributed by atoms with Crippen LogP contribution in [0.25, 0.3) is 5.69 Å². The molecular weight excluding hydrogens is 350 g/mol. The van der Waals surface area contributed by atoms with Crippen molar-refractivity contribution in [2.75, 3.05) is 13.7 Å². The topological polar surface area (TPSA) is 99.5 Å². The van der Waals surface area contributed by atoms with Gasteiger partial charge in [0.05, 0.1) is 18.4 Å². The fraction of sp³-hybridized carbons (Fsp3) is 0.368. The first kappa shape index (κ1) is 20.2. The van der Waals surface area contributed by atoms with E-state index in [9.17, 15) is 14.4 Å². The number of carbonyl (C=O) groups is 3. The quantitative estimate of drug-likeness (QED) is 0.708. The van der Waals surface area contributed by atoms with Crippen molar-refractivity contribution in [1.29, 1.82) is 0 Å². The van der Waals surface area contributed by atoms with Gasteiger partial charge in [-0.1, -0.05) is 13.8 Å². The normalized spacial score (nSPS) is 11.7. The third kappa shape index (κ3) is 5.95. The van der Waals surface area contributed by atoms with Crippen LogP contribution in [0.1, 0.15) is 30.6 Å². The van der Waals surface area contributed by atoms with Crippen molar-refractivity contribution in [3.63, 3.8) is 0 Å². The molecule has 1 heterocycles. The molecular formula is C19H23N3O5. The molecule has 0 aliphatic heterocycles. The molecule has 2 rings (SSSR count). The molecule has 1 N–H and O–H groups in total. The van der Waals surface area contributed by atoms with Crippen LogP contribution in [-0.4, -0.2) is 47.4 Å². The Labute approximate surface area is 157 Å². The Bertz CT molecular complexity index is 769. The molecule has 0 spiro atoms. The number of methoxy groups -OCH3 is 1. The van der Waals surface area contributed by atoms with Crippen molar-refractivity contribution in [1.82, 2.24) is 15.1 Å². The molecule has 1 amide bonds. The molecule has 0 aliphatic carbocycles. The van der Waals surface area contributed by atoms with Gasteiger partial charge in [-0.3, -0.25) is 4.79 Å². The summed E-state index contributed by atoms with van der Waals surface area (Å²) in [5, 5.41) is 6.63. The number of nitrogens with zero attached hydrogens (tertiary/aromatic N) is 2. The number of carbonyl (C=O) groups excluding carboxylic acids is 3. The highest BCUT2D eigenvalue weighted by molar-refractivity contribution is 5.92. The average molecular weight is 373 g/mol. The molecule has 0 saturated heterocycles. The van der Waals surface area contributed by atoms with Crippen LogP contribution in [0.5, 0.6) is 0 Å². The lowest BCUT2D eigenvalue weighted by Crippen LogP contribution is -2.44. The number of amides is 1. The number of nitrogens with one attached hydrogen (secondary N) is 1. The third-order valence-electron chi connectivity index (χ3n) is 3.73. The van der Waals surface area contributed by atoms with Gasteiger partial charge in [0.2, 0.25) is 0 Å². The maximum atomic E-state index is 12.1. The largest absolute Gasteiger partial charge is 0.467 e. The maximum absolute atomic E-state index is 12.1. The van der Waals surface area contributed by atoms with Gasteiger partial charge in [-0.15, -0.1) is 0 Å². The summed E-state index contributed by atoms with van der Waals surface area (Å²) in [5.74, 6) is -1.54. The summed E-state index contributed by atoms with van der Waals surface area (Å²) in [6, 6.07) is 7.65. The van der Waals surface area contributed by atoms with Gasteiger partial charge in [0.1, 0.15) is 6.04 Å². The van der Waals surface area contributed by atoms with Crippen LogP contribution in [0.3, 0.4) is 0 Å².